The zero-order valence-corrected chi connectivity index (χ0v) is 17.3. The topological polar surface area (TPSA) is 102 Å². The van der Waals surface area contributed by atoms with Gasteiger partial charge in [0.2, 0.25) is 0 Å². The van der Waals surface area contributed by atoms with Crippen LogP contribution in [0.2, 0.25) is 0 Å². The minimum Gasteiger partial charge on any atom is -0.379 e. The number of hydrogen-bond acceptors (Lipinski definition) is 7. The maximum absolute atomic E-state index is 15.0. The first-order valence-electron chi connectivity index (χ1n) is 9.61. The van der Waals surface area contributed by atoms with E-state index in [-0.39, 0.29) is 17.7 Å². The molecule has 4 rings (SSSR count). The highest BCUT2D eigenvalue weighted by Crippen LogP contribution is 2.48. The molecular formula is C20H20F3N5O2S. The van der Waals surface area contributed by atoms with E-state index >= 15 is 0 Å². The van der Waals surface area contributed by atoms with Crippen LogP contribution in [0, 0.1) is 11.7 Å². The fourth-order valence-electron chi connectivity index (χ4n) is 4.00. The van der Waals surface area contributed by atoms with Gasteiger partial charge in [-0.1, -0.05) is 11.8 Å². The van der Waals surface area contributed by atoms with Crippen molar-refractivity contribution in [3.63, 3.8) is 0 Å². The Morgan fingerprint density at radius 3 is 2.87 bits per heavy atom. The molecule has 31 heavy (non-hydrogen) atoms. The van der Waals surface area contributed by atoms with Crippen LogP contribution in [0.25, 0.3) is 0 Å². The van der Waals surface area contributed by atoms with E-state index in [2.05, 4.69) is 20.3 Å². The van der Waals surface area contributed by atoms with Crippen LogP contribution >= 0.6 is 11.8 Å². The number of rotatable bonds is 4. The molecule has 1 fully saturated rings. The average molecular weight is 451 g/mol. The molecule has 7 nitrogen and oxygen atoms in total. The molecule has 3 heterocycles. The van der Waals surface area contributed by atoms with Crippen molar-refractivity contribution in [3.8, 4) is 0 Å². The molecule has 0 aliphatic carbocycles. The van der Waals surface area contributed by atoms with Crippen molar-refractivity contribution in [2.45, 2.75) is 31.4 Å². The summed E-state index contributed by atoms with van der Waals surface area (Å²) in [5, 5.41) is 3.00. The van der Waals surface area contributed by atoms with Gasteiger partial charge in [-0.3, -0.25) is 14.8 Å². The van der Waals surface area contributed by atoms with Crippen LogP contribution in [0.3, 0.4) is 0 Å². The number of benzene rings is 1. The van der Waals surface area contributed by atoms with Gasteiger partial charge in [0.25, 0.3) is 12.3 Å². The minimum absolute atomic E-state index is 0.0910. The quantitative estimate of drug-likeness (QED) is 0.738. The number of carbonyl (C=O) groups is 1. The monoisotopic (exact) mass is 451 g/mol. The highest BCUT2D eigenvalue weighted by Gasteiger charge is 2.49. The molecule has 2 aliphatic heterocycles. The summed E-state index contributed by atoms with van der Waals surface area (Å²) >= 11 is 1.41. The predicted octanol–water partition coefficient (Wildman–Crippen LogP) is 3.49. The summed E-state index contributed by atoms with van der Waals surface area (Å²) in [5.74, 6) is -0.561. The lowest BCUT2D eigenvalue weighted by Gasteiger charge is -2.47. The van der Waals surface area contributed by atoms with Crippen LogP contribution in [0.1, 0.15) is 41.5 Å². The second-order valence-corrected chi connectivity index (χ2v) is 8.43. The summed E-state index contributed by atoms with van der Waals surface area (Å²) in [7, 11) is 0. The Balaban J connectivity index is 1.65. The lowest BCUT2D eigenvalue weighted by Crippen LogP contribution is -2.50. The van der Waals surface area contributed by atoms with E-state index in [0.717, 1.165) is 12.4 Å². The maximum Gasteiger partial charge on any atom is 0.281 e. The number of aliphatic imine (C=N–C) groups is 1. The molecule has 0 bridgehead atoms. The highest BCUT2D eigenvalue weighted by molar-refractivity contribution is 8.13. The van der Waals surface area contributed by atoms with E-state index in [1.165, 1.54) is 30.0 Å². The maximum atomic E-state index is 15.0. The molecule has 1 saturated heterocycles. The number of nitrogens with zero attached hydrogens (tertiary/aromatic N) is 3. The van der Waals surface area contributed by atoms with Gasteiger partial charge in [-0.05, 0) is 25.1 Å². The van der Waals surface area contributed by atoms with E-state index in [1.807, 2.05) is 6.92 Å². The Kier molecular flexibility index (Phi) is 5.89. The number of alkyl halides is 2. The van der Waals surface area contributed by atoms with Gasteiger partial charge in [0.15, 0.2) is 5.17 Å². The summed E-state index contributed by atoms with van der Waals surface area (Å²) in [4.78, 5) is 24.4. The molecule has 0 saturated carbocycles. The first kappa shape index (κ1) is 21.6. The average Bonchev–Trinajstić information content (AvgIpc) is 2.75. The molecule has 1 amide bonds. The summed E-state index contributed by atoms with van der Waals surface area (Å²) in [6.45, 7) is 2.34. The van der Waals surface area contributed by atoms with Gasteiger partial charge in [0.05, 0.1) is 24.0 Å². The molecule has 1 aromatic carbocycles. The third kappa shape index (κ3) is 4.11. The molecule has 0 spiro atoms. The first-order chi connectivity index (χ1) is 14.8. The number of halogens is 3. The number of hydrogen-bond donors (Lipinski definition) is 2. The van der Waals surface area contributed by atoms with E-state index < -0.39 is 29.4 Å². The second-order valence-electron chi connectivity index (χ2n) is 7.39. The third-order valence-electron chi connectivity index (χ3n) is 5.58. The van der Waals surface area contributed by atoms with Gasteiger partial charge in [-0.15, -0.1) is 0 Å². The van der Waals surface area contributed by atoms with Gasteiger partial charge in [-0.25, -0.2) is 18.2 Å². The number of aromatic nitrogens is 2. The Bertz CT molecular complexity index is 1020. The van der Waals surface area contributed by atoms with E-state index in [1.54, 1.807) is 0 Å². The molecular weight excluding hydrogens is 431 g/mol. The Labute approximate surface area is 180 Å². The van der Waals surface area contributed by atoms with Gasteiger partial charge in [-0.2, -0.15) is 0 Å². The van der Waals surface area contributed by atoms with Crippen molar-refractivity contribution in [3.05, 3.63) is 53.4 Å². The van der Waals surface area contributed by atoms with Gasteiger partial charge >= 0.3 is 0 Å². The van der Waals surface area contributed by atoms with Crippen LogP contribution < -0.4 is 11.1 Å². The summed E-state index contributed by atoms with van der Waals surface area (Å²) in [6, 6.07) is 4.21. The Hall–Kier alpha value is -2.66. The molecule has 3 N–H and O–H groups in total. The number of amidine groups is 1. The molecule has 3 atom stereocenters. The van der Waals surface area contributed by atoms with Crippen molar-refractivity contribution >= 4 is 28.5 Å². The van der Waals surface area contributed by atoms with E-state index in [0.29, 0.717) is 35.2 Å². The minimum atomic E-state index is -2.78. The summed E-state index contributed by atoms with van der Waals surface area (Å²) in [6.07, 6.45) is -0.642. The van der Waals surface area contributed by atoms with Crippen LogP contribution in [-0.2, 0) is 10.3 Å². The molecule has 0 unspecified atom stereocenters. The summed E-state index contributed by atoms with van der Waals surface area (Å²) < 4.78 is 46.0. The molecule has 2 aliphatic rings. The second kappa shape index (κ2) is 8.46. The Morgan fingerprint density at radius 1 is 1.35 bits per heavy atom. The van der Waals surface area contributed by atoms with Gasteiger partial charge in [0.1, 0.15) is 17.2 Å². The van der Waals surface area contributed by atoms with Crippen molar-refractivity contribution in [2.24, 2.45) is 16.6 Å². The number of carbonyl (C=O) groups excluding carboxylic acids is 1. The lowest BCUT2D eigenvalue weighted by atomic mass is 9.72. The fraction of sp³-hybridized carbons (Fsp3) is 0.400. The predicted molar refractivity (Wildman–Crippen MR) is 111 cm³/mol. The number of ether oxygens (including phenoxy) is 1. The van der Waals surface area contributed by atoms with Crippen molar-refractivity contribution < 1.29 is 22.7 Å². The zero-order chi connectivity index (χ0) is 22.2. The van der Waals surface area contributed by atoms with Crippen molar-refractivity contribution in [2.75, 3.05) is 17.7 Å². The zero-order valence-electron chi connectivity index (χ0n) is 16.5. The SMILES string of the molecule is C[C@H]1OCC[C@]2(c3cc(NC(=O)c4cnc(C(F)F)cn4)ccc3F)N=C(N)SC[C@H]12. The van der Waals surface area contributed by atoms with Gasteiger partial charge < -0.3 is 15.8 Å². The normalized spacial score (nSPS) is 25.6. The van der Waals surface area contributed by atoms with Crippen molar-refractivity contribution in [1.29, 1.82) is 0 Å². The van der Waals surface area contributed by atoms with Crippen LogP contribution in [0.5, 0.6) is 0 Å². The fourth-order valence-corrected chi connectivity index (χ4v) is 5.12. The number of anilines is 1. The summed E-state index contributed by atoms with van der Waals surface area (Å²) in [5.41, 5.74) is 5.09. The molecule has 0 radical (unpaired) electrons. The molecule has 164 valence electrons. The molecule has 2 aromatic rings. The van der Waals surface area contributed by atoms with Crippen LogP contribution in [-0.4, -0.2) is 39.5 Å². The smallest absolute Gasteiger partial charge is 0.281 e. The number of nitrogens with two attached hydrogens (primary N) is 1. The molecule has 11 heteroatoms. The lowest BCUT2D eigenvalue weighted by molar-refractivity contribution is -0.0514. The number of fused-ring (bicyclic) bond motifs is 1. The van der Waals surface area contributed by atoms with E-state index in [9.17, 15) is 18.0 Å². The highest BCUT2D eigenvalue weighted by atomic mass is 32.2. The molecule has 1 aromatic heterocycles. The van der Waals surface area contributed by atoms with Crippen LogP contribution in [0.4, 0.5) is 18.9 Å². The van der Waals surface area contributed by atoms with Crippen LogP contribution in [0.15, 0.2) is 35.6 Å². The third-order valence-corrected chi connectivity index (χ3v) is 6.50. The van der Waals surface area contributed by atoms with Crippen molar-refractivity contribution in [1.82, 2.24) is 9.97 Å². The van der Waals surface area contributed by atoms with Gasteiger partial charge in [0, 0.05) is 35.9 Å². The number of thioether (sulfide) groups is 1. The number of amides is 1. The standard InChI is InChI=1S/C20H20F3N5O2S/c1-10-13-9-31-19(24)28-20(13,4-5-30-10)12-6-11(2-3-14(12)21)27-18(29)16-8-25-15(7-26-16)17(22)23/h2-3,6-8,10,13,17H,4-5,9H2,1H3,(H2,24,28)(H,27,29)/t10-,13-,20-/m1/s1. The largest absolute Gasteiger partial charge is 0.379 e. The first-order valence-corrected chi connectivity index (χ1v) is 10.6. The Morgan fingerprint density at radius 2 is 2.16 bits per heavy atom. The van der Waals surface area contributed by atoms with E-state index in [4.69, 9.17) is 10.5 Å². The number of nitrogens with one attached hydrogen (secondary N) is 1.